The third-order valence-electron chi connectivity index (χ3n) is 4.44. The number of hydrogen-bond donors (Lipinski definition) is 1. The first-order chi connectivity index (χ1) is 11.1. The van der Waals surface area contributed by atoms with Gasteiger partial charge in [0.25, 0.3) is 0 Å². The largest absolute Gasteiger partial charge is 0.376 e. The van der Waals surface area contributed by atoms with E-state index in [-0.39, 0.29) is 23.8 Å². The second kappa shape index (κ2) is 6.54. The molecule has 3 rings (SSSR count). The Balaban J connectivity index is 1.81. The summed E-state index contributed by atoms with van der Waals surface area (Å²) in [4.78, 5) is 24.3. The molecule has 0 unspecified atom stereocenters. The number of ketones is 1. The van der Waals surface area contributed by atoms with E-state index in [2.05, 4.69) is 5.32 Å². The van der Waals surface area contributed by atoms with Crippen LogP contribution in [0.4, 0.5) is 0 Å². The first-order valence-electron chi connectivity index (χ1n) is 8.07. The van der Waals surface area contributed by atoms with E-state index in [0.717, 1.165) is 30.4 Å². The number of hydrogen-bond acceptors (Lipinski definition) is 3. The number of rotatable bonds is 5. The predicted octanol–water partition coefficient (Wildman–Crippen LogP) is 2.70. The van der Waals surface area contributed by atoms with Crippen molar-refractivity contribution in [1.82, 2.24) is 9.88 Å². The molecular weight excluding hydrogens is 292 g/mol. The highest BCUT2D eigenvalue weighted by atomic mass is 16.5. The van der Waals surface area contributed by atoms with Gasteiger partial charge in [-0.1, -0.05) is 18.2 Å². The standard InChI is InChI=1S/C18H22N2O3/c1-12(18(22)19-10-14-6-5-9-23-14)20-11-16(13(2)21)15-7-3-4-8-17(15)20/h3-4,7-8,11-12,14H,5-6,9-10H2,1-2H3,(H,19,22)/t12-,14+/m1/s1. The average Bonchev–Trinajstić information content (AvgIpc) is 3.19. The minimum Gasteiger partial charge on any atom is -0.376 e. The Morgan fingerprint density at radius 3 is 2.87 bits per heavy atom. The van der Waals surface area contributed by atoms with Gasteiger partial charge < -0.3 is 14.6 Å². The molecule has 23 heavy (non-hydrogen) atoms. The van der Waals surface area contributed by atoms with Crippen molar-refractivity contribution in [1.29, 1.82) is 0 Å². The number of nitrogens with zero attached hydrogens (tertiary/aromatic N) is 1. The molecule has 0 aliphatic carbocycles. The Morgan fingerprint density at radius 1 is 1.39 bits per heavy atom. The quantitative estimate of drug-likeness (QED) is 0.863. The molecule has 0 spiro atoms. The number of aromatic nitrogens is 1. The lowest BCUT2D eigenvalue weighted by atomic mass is 10.1. The molecule has 1 N–H and O–H groups in total. The van der Waals surface area contributed by atoms with E-state index in [1.54, 1.807) is 13.1 Å². The SMILES string of the molecule is CC(=O)c1cn([C@H](C)C(=O)NC[C@@H]2CCCO2)c2ccccc12. The second-order valence-corrected chi connectivity index (χ2v) is 6.08. The minimum absolute atomic E-state index is 0.00640. The Morgan fingerprint density at radius 2 is 2.17 bits per heavy atom. The lowest BCUT2D eigenvalue weighted by molar-refractivity contribution is -0.124. The average molecular weight is 314 g/mol. The Hall–Kier alpha value is -2.14. The number of carbonyl (C=O) groups excluding carboxylic acids is 2. The van der Waals surface area contributed by atoms with Crippen molar-refractivity contribution in [2.24, 2.45) is 0 Å². The van der Waals surface area contributed by atoms with Gasteiger partial charge in [-0.25, -0.2) is 0 Å². The zero-order valence-electron chi connectivity index (χ0n) is 13.5. The zero-order chi connectivity index (χ0) is 16.4. The molecule has 1 aliphatic rings. The van der Waals surface area contributed by atoms with Crippen LogP contribution in [-0.4, -0.2) is 35.5 Å². The van der Waals surface area contributed by atoms with Crippen molar-refractivity contribution in [3.8, 4) is 0 Å². The predicted molar refractivity (Wildman–Crippen MR) is 88.6 cm³/mol. The van der Waals surface area contributed by atoms with Crippen molar-refractivity contribution in [3.05, 3.63) is 36.0 Å². The summed E-state index contributed by atoms with van der Waals surface area (Å²) in [6, 6.07) is 7.29. The number of carbonyl (C=O) groups is 2. The van der Waals surface area contributed by atoms with Gasteiger partial charge in [0.1, 0.15) is 6.04 Å². The molecule has 1 fully saturated rings. The van der Waals surface area contributed by atoms with Crippen LogP contribution in [0.1, 0.15) is 43.1 Å². The highest BCUT2D eigenvalue weighted by Crippen LogP contribution is 2.25. The number of benzene rings is 1. The Labute approximate surface area is 135 Å². The molecule has 1 aromatic heterocycles. The second-order valence-electron chi connectivity index (χ2n) is 6.08. The number of para-hydroxylation sites is 1. The summed E-state index contributed by atoms with van der Waals surface area (Å²) in [5.74, 6) is -0.0525. The molecule has 1 aromatic carbocycles. The van der Waals surface area contributed by atoms with E-state index in [1.165, 1.54) is 0 Å². The van der Waals surface area contributed by atoms with Gasteiger partial charge in [0.05, 0.1) is 6.10 Å². The number of amides is 1. The molecule has 0 radical (unpaired) electrons. The van der Waals surface area contributed by atoms with E-state index in [1.807, 2.05) is 35.8 Å². The summed E-state index contributed by atoms with van der Waals surface area (Å²) in [5, 5.41) is 3.84. The number of nitrogens with one attached hydrogen (secondary N) is 1. The molecule has 2 heterocycles. The normalized spacial score (nSPS) is 19.0. The maximum Gasteiger partial charge on any atom is 0.242 e. The first-order valence-corrected chi connectivity index (χ1v) is 8.07. The van der Waals surface area contributed by atoms with Crippen molar-refractivity contribution < 1.29 is 14.3 Å². The number of ether oxygens (including phenoxy) is 1. The van der Waals surface area contributed by atoms with Crippen molar-refractivity contribution in [2.75, 3.05) is 13.2 Å². The summed E-state index contributed by atoms with van der Waals surface area (Å²) < 4.78 is 7.40. The highest BCUT2D eigenvalue weighted by Gasteiger charge is 2.22. The van der Waals surface area contributed by atoms with Crippen LogP contribution < -0.4 is 5.32 Å². The molecule has 122 valence electrons. The van der Waals surface area contributed by atoms with E-state index in [0.29, 0.717) is 12.1 Å². The van der Waals surface area contributed by atoms with Gasteiger partial charge in [-0.2, -0.15) is 0 Å². The fourth-order valence-electron chi connectivity index (χ4n) is 3.10. The van der Waals surface area contributed by atoms with Gasteiger partial charge in [0.15, 0.2) is 5.78 Å². The van der Waals surface area contributed by atoms with Crippen molar-refractivity contribution in [2.45, 2.75) is 38.8 Å². The third kappa shape index (κ3) is 3.15. The summed E-state index contributed by atoms with van der Waals surface area (Å²) in [6.45, 7) is 4.72. The third-order valence-corrected chi connectivity index (χ3v) is 4.44. The van der Waals surface area contributed by atoms with Crippen LogP contribution in [0.3, 0.4) is 0 Å². The maximum atomic E-state index is 12.5. The first kappa shape index (κ1) is 15.7. The van der Waals surface area contributed by atoms with E-state index in [9.17, 15) is 9.59 Å². The van der Waals surface area contributed by atoms with E-state index < -0.39 is 0 Å². The highest BCUT2D eigenvalue weighted by molar-refractivity contribution is 6.07. The van der Waals surface area contributed by atoms with Crippen molar-refractivity contribution in [3.63, 3.8) is 0 Å². The summed E-state index contributed by atoms with van der Waals surface area (Å²) in [6.07, 6.45) is 3.96. The maximum absolute atomic E-state index is 12.5. The molecule has 0 saturated carbocycles. The summed E-state index contributed by atoms with van der Waals surface area (Å²) >= 11 is 0. The smallest absolute Gasteiger partial charge is 0.242 e. The van der Waals surface area contributed by atoms with Crippen LogP contribution in [0.5, 0.6) is 0 Å². The zero-order valence-corrected chi connectivity index (χ0v) is 13.5. The summed E-state index contributed by atoms with van der Waals surface area (Å²) in [5.41, 5.74) is 1.55. The van der Waals surface area contributed by atoms with Crippen molar-refractivity contribution >= 4 is 22.6 Å². The van der Waals surface area contributed by atoms with Gasteiger partial charge in [0.2, 0.25) is 5.91 Å². The van der Waals surface area contributed by atoms with Gasteiger partial charge >= 0.3 is 0 Å². The van der Waals surface area contributed by atoms with Crippen LogP contribution in [0.25, 0.3) is 10.9 Å². The van der Waals surface area contributed by atoms with Gasteiger partial charge in [-0.3, -0.25) is 9.59 Å². The van der Waals surface area contributed by atoms with Crippen LogP contribution in [0.2, 0.25) is 0 Å². The summed E-state index contributed by atoms with van der Waals surface area (Å²) in [7, 11) is 0. The monoisotopic (exact) mass is 314 g/mol. The van der Waals surface area contributed by atoms with Gasteiger partial charge in [0, 0.05) is 35.8 Å². The Kier molecular flexibility index (Phi) is 4.48. The molecule has 5 nitrogen and oxygen atoms in total. The minimum atomic E-state index is -0.380. The van der Waals surface area contributed by atoms with Crippen LogP contribution in [-0.2, 0) is 9.53 Å². The molecule has 0 bridgehead atoms. The number of Topliss-reactive ketones (excluding diaryl/α,β-unsaturated/α-hetero) is 1. The van der Waals surface area contributed by atoms with Crippen LogP contribution in [0.15, 0.2) is 30.5 Å². The molecular formula is C18H22N2O3. The number of fused-ring (bicyclic) bond motifs is 1. The Bertz CT molecular complexity index is 729. The lowest BCUT2D eigenvalue weighted by Crippen LogP contribution is -2.36. The molecule has 2 atom stereocenters. The van der Waals surface area contributed by atoms with E-state index in [4.69, 9.17) is 4.74 Å². The topological polar surface area (TPSA) is 60.3 Å². The molecule has 1 aliphatic heterocycles. The van der Waals surface area contributed by atoms with Crippen LogP contribution in [0, 0.1) is 0 Å². The lowest BCUT2D eigenvalue weighted by Gasteiger charge is -2.17. The van der Waals surface area contributed by atoms with Gasteiger partial charge in [-0.15, -0.1) is 0 Å². The van der Waals surface area contributed by atoms with E-state index >= 15 is 0 Å². The molecule has 1 amide bonds. The fraction of sp³-hybridized carbons (Fsp3) is 0.444. The molecule has 5 heteroatoms. The van der Waals surface area contributed by atoms with Crippen LogP contribution >= 0.6 is 0 Å². The molecule has 2 aromatic rings. The van der Waals surface area contributed by atoms with Gasteiger partial charge in [-0.05, 0) is 32.8 Å². The molecule has 1 saturated heterocycles. The fourth-order valence-corrected chi connectivity index (χ4v) is 3.10.